The van der Waals surface area contributed by atoms with Crippen molar-refractivity contribution in [1.82, 2.24) is 15.5 Å². The fraction of sp³-hybridized carbons (Fsp3) is 0.625. The molecule has 9 N–H and O–H groups in total. The van der Waals surface area contributed by atoms with Crippen LogP contribution in [0.3, 0.4) is 0 Å². The molecule has 1 fully saturated rings. The minimum Gasteiger partial charge on any atom is -0.480 e. The summed E-state index contributed by atoms with van der Waals surface area (Å²) in [6.45, 7) is 1.49. The molecule has 0 aromatic rings. The van der Waals surface area contributed by atoms with Gasteiger partial charge >= 0.3 is 5.97 Å². The zero-order valence-electron chi connectivity index (χ0n) is 15.9. The van der Waals surface area contributed by atoms with Crippen molar-refractivity contribution in [2.24, 2.45) is 17.2 Å². The molecule has 4 atom stereocenters. The van der Waals surface area contributed by atoms with Crippen LogP contribution in [0, 0.1) is 0 Å². The van der Waals surface area contributed by atoms with Crippen LogP contribution >= 0.6 is 0 Å². The molecule has 1 rings (SSSR count). The second-order valence-electron chi connectivity index (χ2n) is 6.78. The molecular weight excluding hydrogens is 388 g/mol. The van der Waals surface area contributed by atoms with Crippen LogP contribution in [-0.4, -0.2) is 76.2 Å². The monoisotopic (exact) mass is 414 g/mol. The maximum atomic E-state index is 12.7. The van der Waals surface area contributed by atoms with Gasteiger partial charge in [0.05, 0.1) is 18.9 Å². The van der Waals surface area contributed by atoms with Crippen molar-refractivity contribution in [1.29, 1.82) is 0 Å². The van der Waals surface area contributed by atoms with E-state index in [-0.39, 0.29) is 13.0 Å². The molecule has 0 saturated carbocycles. The van der Waals surface area contributed by atoms with E-state index in [9.17, 15) is 33.9 Å². The summed E-state index contributed by atoms with van der Waals surface area (Å²) in [5.41, 5.74) is 15.6. The van der Waals surface area contributed by atoms with Gasteiger partial charge in [0.1, 0.15) is 18.1 Å². The summed E-state index contributed by atoms with van der Waals surface area (Å²) in [6, 6.07) is -4.98. The molecule has 162 valence electrons. The smallest absolute Gasteiger partial charge is 0.326 e. The summed E-state index contributed by atoms with van der Waals surface area (Å²) in [4.78, 5) is 72.0. The molecule has 1 aliphatic heterocycles. The predicted octanol–water partition coefficient (Wildman–Crippen LogP) is -3.87. The first kappa shape index (κ1) is 23.8. The van der Waals surface area contributed by atoms with E-state index >= 15 is 0 Å². The number of carboxylic acids is 1. The highest BCUT2D eigenvalue weighted by molar-refractivity contribution is 5.97. The summed E-state index contributed by atoms with van der Waals surface area (Å²) < 4.78 is 0. The van der Waals surface area contributed by atoms with Crippen LogP contribution in [0.2, 0.25) is 0 Å². The summed E-state index contributed by atoms with van der Waals surface area (Å²) in [5, 5.41) is 13.7. The molecule has 0 spiro atoms. The molecule has 1 saturated heterocycles. The number of carbonyl (C=O) groups is 6. The zero-order chi connectivity index (χ0) is 22.3. The van der Waals surface area contributed by atoms with E-state index in [1.807, 2.05) is 0 Å². The van der Waals surface area contributed by atoms with E-state index in [4.69, 9.17) is 17.2 Å². The predicted molar refractivity (Wildman–Crippen MR) is 97.5 cm³/mol. The van der Waals surface area contributed by atoms with Crippen molar-refractivity contribution in [3.63, 3.8) is 0 Å². The highest BCUT2D eigenvalue weighted by Crippen LogP contribution is 2.19. The van der Waals surface area contributed by atoms with Crippen molar-refractivity contribution in [3.05, 3.63) is 0 Å². The quantitative estimate of drug-likeness (QED) is 0.207. The second kappa shape index (κ2) is 10.4. The van der Waals surface area contributed by atoms with Gasteiger partial charge in [-0.2, -0.15) is 0 Å². The average molecular weight is 414 g/mol. The van der Waals surface area contributed by atoms with Gasteiger partial charge < -0.3 is 37.8 Å². The second-order valence-corrected chi connectivity index (χ2v) is 6.78. The van der Waals surface area contributed by atoms with Gasteiger partial charge in [-0.1, -0.05) is 0 Å². The molecule has 29 heavy (non-hydrogen) atoms. The molecule has 0 aromatic heterocycles. The van der Waals surface area contributed by atoms with Crippen LogP contribution in [0.25, 0.3) is 0 Å². The number of primary amides is 2. The SMILES string of the molecule is CC(N)C(=O)NC(CC(N)=O)C(=O)NC(CC(N)=O)C(=O)N1CCCC1C(=O)O. The molecule has 0 aliphatic carbocycles. The Bertz CT molecular complexity index is 695. The molecular formula is C16H26N6O7. The average Bonchev–Trinajstić information content (AvgIpc) is 3.08. The summed E-state index contributed by atoms with van der Waals surface area (Å²) in [6.07, 6.45) is -0.511. The minimum atomic E-state index is -1.47. The van der Waals surface area contributed by atoms with Crippen LogP contribution in [0.15, 0.2) is 0 Å². The normalized spacial score (nSPS) is 19.0. The topological polar surface area (TPSA) is 228 Å². The zero-order valence-corrected chi connectivity index (χ0v) is 15.9. The third kappa shape index (κ3) is 7.03. The standard InChI is InChI=1S/C16H26N6O7/c1-7(17)13(25)20-8(5-11(18)23)14(26)21-9(6-12(19)24)15(27)22-4-2-3-10(22)16(28)29/h7-10H,2-6,17H2,1H3,(H2,18,23)(H2,19,24)(H,20,25)(H,21,26)(H,28,29). The van der Waals surface area contributed by atoms with E-state index in [2.05, 4.69) is 10.6 Å². The first-order valence-electron chi connectivity index (χ1n) is 8.90. The van der Waals surface area contributed by atoms with E-state index in [0.717, 1.165) is 4.90 Å². The lowest BCUT2D eigenvalue weighted by Crippen LogP contribution is -2.58. The lowest BCUT2D eigenvalue weighted by molar-refractivity contribution is -0.149. The van der Waals surface area contributed by atoms with Crippen LogP contribution < -0.4 is 27.8 Å². The fourth-order valence-corrected chi connectivity index (χ4v) is 2.87. The Morgan fingerprint density at radius 2 is 1.52 bits per heavy atom. The fourth-order valence-electron chi connectivity index (χ4n) is 2.87. The van der Waals surface area contributed by atoms with Crippen molar-refractivity contribution in [3.8, 4) is 0 Å². The molecule has 5 amide bonds. The van der Waals surface area contributed by atoms with Crippen LogP contribution in [-0.2, 0) is 28.8 Å². The number of hydrogen-bond acceptors (Lipinski definition) is 7. The Kier molecular flexibility index (Phi) is 8.51. The van der Waals surface area contributed by atoms with E-state index in [0.29, 0.717) is 6.42 Å². The van der Waals surface area contributed by atoms with Crippen molar-refractivity contribution in [2.75, 3.05) is 6.54 Å². The van der Waals surface area contributed by atoms with E-state index in [1.54, 1.807) is 0 Å². The third-order valence-electron chi connectivity index (χ3n) is 4.29. The Morgan fingerprint density at radius 3 is 2.00 bits per heavy atom. The number of likely N-dealkylation sites (tertiary alicyclic amines) is 1. The Morgan fingerprint density at radius 1 is 1.00 bits per heavy atom. The van der Waals surface area contributed by atoms with Gasteiger partial charge in [-0.05, 0) is 19.8 Å². The first-order valence-corrected chi connectivity index (χ1v) is 8.90. The van der Waals surface area contributed by atoms with Gasteiger partial charge in [0.2, 0.25) is 29.5 Å². The van der Waals surface area contributed by atoms with Gasteiger partial charge in [-0.3, -0.25) is 24.0 Å². The summed E-state index contributed by atoms with van der Waals surface area (Å²) in [7, 11) is 0. The Hall–Kier alpha value is -3.22. The number of carboxylic acid groups (broad SMARTS) is 1. The summed E-state index contributed by atoms with van der Waals surface area (Å²) in [5.74, 6) is -5.55. The minimum absolute atomic E-state index is 0.132. The molecule has 13 heteroatoms. The van der Waals surface area contributed by atoms with Crippen molar-refractivity contribution >= 4 is 35.5 Å². The molecule has 0 aromatic carbocycles. The van der Waals surface area contributed by atoms with Crippen LogP contribution in [0.1, 0.15) is 32.6 Å². The van der Waals surface area contributed by atoms with Gasteiger partial charge in [0.15, 0.2) is 0 Å². The molecule has 0 bridgehead atoms. The van der Waals surface area contributed by atoms with Crippen molar-refractivity contribution in [2.45, 2.75) is 56.8 Å². The number of nitrogens with zero attached hydrogens (tertiary/aromatic N) is 1. The van der Waals surface area contributed by atoms with E-state index < -0.39 is 72.5 Å². The van der Waals surface area contributed by atoms with E-state index in [1.165, 1.54) is 6.92 Å². The molecule has 0 radical (unpaired) electrons. The molecule has 1 aliphatic rings. The lowest BCUT2D eigenvalue weighted by Gasteiger charge is -2.28. The number of nitrogens with one attached hydrogen (secondary N) is 2. The number of rotatable bonds is 10. The number of nitrogens with two attached hydrogens (primary N) is 3. The molecule has 4 unspecified atom stereocenters. The highest BCUT2D eigenvalue weighted by Gasteiger charge is 2.39. The number of hydrogen-bond donors (Lipinski definition) is 6. The summed E-state index contributed by atoms with van der Waals surface area (Å²) >= 11 is 0. The highest BCUT2D eigenvalue weighted by atomic mass is 16.4. The van der Waals surface area contributed by atoms with Crippen molar-refractivity contribution < 1.29 is 33.9 Å². The van der Waals surface area contributed by atoms with Crippen LogP contribution in [0.4, 0.5) is 0 Å². The first-order chi connectivity index (χ1) is 13.4. The third-order valence-corrected chi connectivity index (χ3v) is 4.29. The number of carbonyl (C=O) groups excluding carboxylic acids is 5. The van der Waals surface area contributed by atoms with Gasteiger partial charge in [-0.25, -0.2) is 4.79 Å². The number of amides is 5. The Labute approximate surface area is 166 Å². The van der Waals surface area contributed by atoms with Gasteiger partial charge in [0.25, 0.3) is 0 Å². The molecule has 13 nitrogen and oxygen atoms in total. The van der Waals surface area contributed by atoms with Gasteiger partial charge in [0, 0.05) is 6.54 Å². The Balaban J connectivity index is 3.01. The molecule has 1 heterocycles. The van der Waals surface area contributed by atoms with Crippen LogP contribution in [0.5, 0.6) is 0 Å². The number of aliphatic carboxylic acids is 1. The largest absolute Gasteiger partial charge is 0.480 e. The van der Waals surface area contributed by atoms with Gasteiger partial charge in [-0.15, -0.1) is 0 Å². The lowest BCUT2D eigenvalue weighted by atomic mass is 10.1. The maximum absolute atomic E-state index is 12.7. The maximum Gasteiger partial charge on any atom is 0.326 e.